The summed E-state index contributed by atoms with van der Waals surface area (Å²) in [5.74, 6) is -1.46. The Kier molecular flexibility index (Phi) is 5.18. The lowest BCUT2D eigenvalue weighted by molar-refractivity contribution is -0.140. The van der Waals surface area contributed by atoms with Crippen LogP contribution in [0, 0.1) is 0 Å². The van der Waals surface area contributed by atoms with E-state index < -0.39 is 12.5 Å². The van der Waals surface area contributed by atoms with Crippen LogP contribution in [0.25, 0.3) is 6.08 Å². The van der Waals surface area contributed by atoms with Crippen molar-refractivity contribution >= 4 is 62.7 Å². The van der Waals surface area contributed by atoms with E-state index in [9.17, 15) is 9.59 Å². The second kappa shape index (κ2) is 7.18. The van der Waals surface area contributed by atoms with Crippen molar-refractivity contribution < 1.29 is 14.7 Å². The van der Waals surface area contributed by atoms with Gasteiger partial charge in [-0.3, -0.25) is 14.5 Å². The van der Waals surface area contributed by atoms with Gasteiger partial charge in [0.05, 0.1) is 10.6 Å². The second-order valence-electron chi connectivity index (χ2n) is 5.51. The van der Waals surface area contributed by atoms with Gasteiger partial charge in [-0.1, -0.05) is 24.0 Å². The number of aromatic nitrogens is 1. The molecular formula is C14H16N4O3S3. The minimum atomic E-state index is -1.08. The molecule has 3 heterocycles. The first kappa shape index (κ1) is 17.3. The first-order valence-electron chi connectivity index (χ1n) is 7.30. The summed E-state index contributed by atoms with van der Waals surface area (Å²) in [6, 6.07) is 0. The number of carboxylic acid groups (broad SMARTS) is 1. The summed E-state index contributed by atoms with van der Waals surface area (Å²) >= 11 is 7.74. The number of anilines is 1. The quantitative estimate of drug-likeness (QED) is 0.613. The molecule has 1 N–H and O–H groups in total. The summed E-state index contributed by atoms with van der Waals surface area (Å²) in [7, 11) is 2.10. The molecule has 24 heavy (non-hydrogen) atoms. The Morgan fingerprint density at radius 1 is 1.42 bits per heavy atom. The molecule has 1 aromatic rings. The van der Waals surface area contributed by atoms with Crippen LogP contribution in [0.5, 0.6) is 0 Å². The Bertz CT molecular complexity index is 710. The summed E-state index contributed by atoms with van der Waals surface area (Å²) in [6.45, 7) is 3.46. The van der Waals surface area contributed by atoms with Crippen molar-refractivity contribution in [3.05, 3.63) is 16.0 Å². The third-order valence-electron chi connectivity index (χ3n) is 3.73. The molecule has 128 valence electrons. The number of thiocarbonyl (C=S) groups is 1. The molecule has 3 rings (SSSR count). The van der Waals surface area contributed by atoms with Gasteiger partial charge < -0.3 is 14.9 Å². The van der Waals surface area contributed by atoms with Crippen LogP contribution in [0.4, 0.5) is 5.13 Å². The Hall–Kier alpha value is -1.49. The Morgan fingerprint density at radius 2 is 2.12 bits per heavy atom. The zero-order valence-electron chi connectivity index (χ0n) is 13.0. The molecule has 0 saturated carbocycles. The van der Waals surface area contributed by atoms with Gasteiger partial charge in [0, 0.05) is 31.6 Å². The highest BCUT2D eigenvalue weighted by Crippen LogP contribution is 2.33. The highest BCUT2D eigenvalue weighted by atomic mass is 32.2. The molecule has 2 saturated heterocycles. The van der Waals surface area contributed by atoms with Crippen molar-refractivity contribution in [1.82, 2.24) is 14.8 Å². The fraction of sp³-hybridized carbons (Fsp3) is 0.429. The van der Waals surface area contributed by atoms with Gasteiger partial charge in [-0.25, -0.2) is 4.98 Å². The largest absolute Gasteiger partial charge is 0.480 e. The summed E-state index contributed by atoms with van der Waals surface area (Å²) in [4.78, 5) is 33.7. The van der Waals surface area contributed by atoms with Gasteiger partial charge in [0.1, 0.15) is 10.9 Å². The van der Waals surface area contributed by atoms with Crippen LogP contribution in [0.2, 0.25) is 0 Å². The maximum Gasteiger partial charge on any atom is 0.323 e. The van der Waals surface area contributed by atoms with Gasteiger partial charge in [0.15, 0.2) is 5.13 Å². The van der Waals surface area contributed by atoms with Gasteiger partial charge in [-0.15, -0.1) is 11.3 Å². The van der Waals surface area contributed by atoms with E-state index in [-0.39, 0.29) is 10.2 Å². The summed E-state index contributed by atoms with van der Waals surface area (Å²) in [5, 5.41) is 11.7. The van der Waals surface area contributed by atoms with E-state index in [0.717, 1.165) is 48.0 Å². The molecule has 7 nitrogen and oxygen atoms in total. The Labute approximate surface area is 152 Å². The molecule has 2 aliphatic heterocycles. The first-order valence-corrected chi connectivity index (χ1v) is 9.40. The molecule has 0 unspecified atom stereocenters. The predicted molar refractivity (Wildman–Crippen MR) is 99.3 cm³/mol. The highest BCUT2D eigenvalue weighted by molar-refractivity contribution is 8.26. The first-order chi connectivity index (χ1) is 11.4. The number of thioether (sulfide) groups is 1. The lowest BCUT2D eigenvalue weighted by Gasteiger charge is -2.32. The zero-order valence-corrected chi connectivity index (χ0v) is 15.4. The number of carboxylic acids is 1. The maximum absolute atomic E-state index is 12.2. The summed E-state index contributed by atoms with van der Waals surface area (Å²) in [5.41, 5.74) is 0.699. The maximum atomic E-state index is 12.2. The van der Waals surface area contributed by atoms with Crippen molar-refractivity contribution in [3.63, 3.8) is 0 Å². The monoisotopic (exact) mass is 384 g/mol. The van der Waals surface area contributed by atoms with Gasteiger partial charge >= 0.3 is 5.97 Å². The molecule has 0 aromatic carbocycles. The highest BCUT2D eigenvalue weighted by Gasteiger charge is 2.33. The van der Waals surface area contributed by atoms with E-state index >= 15 is 0 Å². The number of amides is 1. The SMILES string of the molecule is CN1CCN(c2nc(/C=C3\SC(=S)N(CC(=O)O)C3=O)cs2)CC1. The standard InChI is InChI=1S/C14H16N4O3S3/c1-16-2-4-17(5-3-16)13-15-9(8-23-13)6-10-12(21)18(7-11(19)20)14(22)24-10/h6,8H,2-5,7H2,1H3,(H,19,20)/b10-6-. The van der Waals surface area contributed by atoms with Gasteiger partial charge in [-0.05, 0) is 13.1 Å². The van der Waals surface area contributed by atoms with Crippen LogP contribution in [0.15, 0.2) is 10.3 Å². The van der Waals surface area contributed by atoms with E-state index in [1.807, 2.05) is 5.38 Å². The van der Waals surface area contributed by atoms with Crippen molar-refractivity contribution in [1.29, 1.82) is 0 Å². The number of rotatable bonds is 4. The number of hydrogen-bond donors (Lipinski definition) is 1. The molecule has 0 bridgehead atoms. The van der Waals surface area contributed by atoms with E-state index in [1.54, 1.807) is 17.4 Å². The van der Waals surface area contributed by atoms with E-state index in [4.69, 9.17) is 17.3 Å². The predicted octanol–water partition coefficient (Wildman–Crippen LogP) is 1.18. The van der Waals surface area contributed by atoms with Crippen LogP contribution in [0.1, 0.15) is 5.69 Å². The number of thiazole rings is 1. The summed E-state index contributed by atoms with van der Waals surface area (Å²) in [6.07, 6.45) is 1.68. The van der Waals surface area contributed by atoms with Gasteiger partial charge in [-0.2, -0.15) is 0 Å². The summed E-state index contributed by atoms with van der Waals surface area (Å²) < 4.78 is 0.267. The van der Waals surface area contributed by atoms with Crippen molar-refractivity contribution in [2.45, 2.75) is 0 Å². The van der Waals surface area contributed by atoms with E-state index in [2.05, 4.69) is 21.8 Å². The third kappa shape index (κ3) is 3.77. The topological polar surface area (TPSA) is 77.0 Å². The van der Waals surface area contributed by atoms with E-state index in [1.165, 1.54) is 0 Å². The molecule has 2 aliphatic rings. The molecule has 1 amide bonds. The Morgan fingerprint density at radius 3 is 2.79 bits per heavy atom. The minimum absolute atomic E-state index is 0.267. The number of likely N-dealkylation sites (N-methyl/N-ethyl adjacent to an activating group) is 1. The van der Waals surface area contributed by atoms with Crippen LogP contribution in [-0.4, -0.2) is 75.9 Å². The molecule has 2 fully saturated rings. The average molecular weight is 385 g/mol. The fourth-order valence-electron chi connectivity index (χ4n) is 2.39. The van der Waals surface area contributed by atoms with Crippen molar-refractivity contribution in [2.24, 2.45) is 0 Å². The third-order valence-corrected chi connectivity index (χ3v) is 6.03. The number of carbonyl (C=O) groups is 2. The van der Waals surface area contributed by atoms with Crippen molar-refractivity contribution in [2.75, 3.05) is 44.7 Å². The smallest absolute Gasteiger partial charge is 0.323 e. The number of carbonyl (C=O) groups excluding carboxylic acids is 1. The average Bonchev–Trinajstić information content (AvgIpc) is 3.09. The molecular weight excluding hydrogens is 368 g/mol. The molecule has 0 spiro atoms. The van der Waals surface area contributed by atoms with Crippen LogP contribution >= 0.6 is 35.3 Å². The van der Waals surface area contributed by atoms with Crippen molar-refractivity contribution in [3.8, 4) is 0 Å². The molecule has 10 heteroatoms. The lowest BCUT2D eigenvalue weighted by atomic mass is 10.3. The number of piperazine rings is 1. The minimum Gasteiger partial charge on any atom is -0.480 e. The number of hydrogen-bond acceptors (Lipinski definition) is 8. The molecule has 0 aliphatic carbocycles. The molecule has 1 aromatic heterocycles. The lowest BCUT2D eigenvalue weighted by Crippen LogP contribution is -2.44. The molecule has 0 atom stereocenters. The zero-order chi connectivity index (χ0) is 17.3. The van der Waals surface area contributed by atoms with Crippen LogP contribution in [0.3, 0.4) is 0 Å². The van der Waals surface area contributed by atoms with E-state index in [0.29, 0.717) is 10.6 Å². The van der Waals surface area contributed by atoms with Gasteiger partial charge in [0.2, 0.25) is 0 Å². The number of aliphatic carboxylic acids is 1. The molecule has 0 radical (unpaired) electrons. The normalized spacial score (nSPS) is 21.1. The van der Waals surface area contributed by atoms with Crippen LogP contribution in [-0.2, 0) is 9.59 Å². The van der Waals surface area contributed by atoms with Gasteiger partial charge in [0.25, 0.3) is 5.91 Å². The van der Waals surface area contributed by atoms with Crippen LogP contribution < -0.4 is 4.90 Å². The second-order valence-corrected chi connectivity index (χ2v) is 8.02. The number of nitrogens with zero attached hydrogens (tertiary/aromatic N) is 4. The Balaban J connectivity index is 1.72. The fourth-order valence-corrected chi connectivity index (χ4v) is 4.47.